The van der Waals surface area contributed by atoms with Crippen molar-refractivity contribution in [3.8, 4) is 6.07 Å². The molecule has 1 aromatic heterocycles. The number of aromatic nitrogens is 2. The number of hydrogen-bond donors (Lipinski definition) is 2. The minimum Gasteiger partial charge on any atom is -0.348 e. The van der Waals surface area contributed by atoms with Gasteiger partial charge in [0.25, 0.3) is 0 Å². The number of amides is 1. The lowest BCUT2D eigenvalue weighted by Crippen LogP contribution is -2.14. The number of anilines is 1. The van der Waals surface area contributed by atoms with Gasteiger partial charge in [-0.05, 0) is 24.3 Å². The molecule has 0 spiro atoms. The van der Waals surface area contributed by atoms with Crippen molar-refractivity contribution in [3.63, 3.8) is 0 Å². The number of benzene rings is 1. The molecule has 0 saturated carbocycles. The summed E-state index contributed by atoms with van der Waals surface area (Å²) in [5, 5.41) is 11.4. The fourth-order valence-electron chi connectivity index (χ4n) is 1.39. The van der Waals surface area contributed by atoms with E-state index in [1.807, 2.05) is 6.07 Å². The number of imidazole rings is 1. The predicted octanol–water partition coefficient (Wildman–Crippen LogP) is 1.46. The molecule has 0 atom stereocenters. The molecule has 2 N–H and O–H groups in total. The molecule has 0 fully saturated rings. The second-order valence-corrected chi connectivity index (χ2v) is 3.49. The van der Waals surface area contributed by atoms with Crippen molar-refractivity contribution in [1.82, 2.24) is 9.97 Å². The van der Waals surface area contributed by atoms with Crippen molar-refractivity contribution in [2.24, 2.45) is 0 Å². The number of nitrogens with zero attached hydrogens (tertiary/aromatic N) is 2. The van der Waals surface area contributed by atoms with Gasteiger partial charge in [-0.2, -0.15) is 5.26 Å². The molecule has 2 rings (SSSR count). The molecule has 0 aliphatic heterocycles. The van der Waals surface area contributed by atoms with E-state index in [9.17, 15) is 4.79 Å². The number of aromatic amines is 1. The second kappa shape index (κ2) is 4.94. The number of nitrogens with one attached hydrogen (secondary N) is 2. The highest BCUT2D eigenvalue weighted by molar-refractivity contribution is 5.92. The van der Waals surface area contributed by atoms with Crippen LogP contribution in [0.1, 0.15) is 11.3 Å². The van der Waals surface area contributed by atoms with Gasteiger partial charge < -0.3 is 10.3 Å². The lowest BCUT2D eigenvalue weighted by molar-refractivity contribution is -0.115. The first kappa shape index (κ1) is 10.9. The Morgan fingerprint density at radius 3 is 2.76 bits per heavy atom. The zero-order valence-corrected chi connectivity index (χ0v) is 8.97. The Bertz CT molecular complexity index is 537. The molecular weight excluding hydrogens is 216 g/mol. The molecule has 0 saturated heterocycles. The zero-order valence-electron chi connectivity index (χ0n) is 8.97. The summed E-state index contributed by atoms with van der Waals surface area (Å²) in [5.74, 6) is -0.126. The van der Waals surface area contributed by atoms with Crippen LogP contribution in [0.25, 0.3) is 0 Å². The summed E-state index contributed by atoms with van der Waals surface area (Å²) in [7, 11) is 0. The number of H-pyrrole nitrogens is 1. The summed E-state index contributed by atoms with van der Waals surface area (Å²) >= 11 is 0. The van der Waals surface area contributed by atoms with Crippen molar-refractivity contribution in [1.29, 1.82) is 5.26 Å². The highest BCUT2D eigenvalue weighted by Gasteiger charge is 2.04. The minimum atomic E-state index is -0.126. The average molecular weight is 226 g/mol. The van der Waals surface area contributed by atoms with Crippen LogP contribution in [-0.2, 0) is 11.2 Å². The Balaban J connectivity index is 1.96. The molecule has 1 heterocycles. The average Bonchev–Trinajstić information content (AvgIpc) is 2.82. The summed E-state index contributed by atoms with van der Waals surface area (Å²) in [5.41, 5.74) is 2.00. The molecule has 0 radical (unpaired) electrons. The van der Waals surface area contributed by atoms with Crippen LogP contribution < -0.4 is 5.32 Å². The number of hydrogen-bond acceptors (Lipinski definition) is 3. The number of rotatable bonds is 3. The smallest absolute Gasteiger partial charge is 0.230 e. The van der Waals surface area contributed by atoms with E-state index in [0.29, 0.717) is 11.3 Å². The van der Waals surface area contributed by atoms with Gasteiger partial charge >= 0.3 is 0 Å². The molecule has 84 valence electrons. The molecule has 1 aromatic carbocycles. The zero-order chi connectivity index (χ0) is 12.1. The van der Waals surface area contributed by atoms with E-state index < -0.39 is 0 Å². The van der Waals surface area contributed by atoms with Gasteiger partial charge in [0.05, 0.1) is 24.4 Å². The quantitative estimate of drug-likeness (QED) is 0.831. The molecule has 17 heavy (non-hydrogen) atoms. The molecule has 0 aliphatic carbocycles. The summed E-state index contributed by atoms with van der Waals surface area (Å²) in [6, 6.07) is 8.73. The Hall–Kier alpha value is -2.61. The Labute approximate surface area is 98.1 Å². The first-order valence-electron chi connectivity index (χ1n) is 5.05. The summed E-state index contributed by atoms with van der Waals surface area (Å²) < 4.78 is 0. The number of nitriles is 1. The van der Waals surface area contributed by atoms with Crippen molar-refractivity contribution in [2.45, 2.75) is 6.42 Å². The third-order valence-corrected chi connectivity index (χ3v) is 2.20. The summed E-state index contributed by atoms with van der Waals surface area (Å²) in [4.78, 5) is 18.3. The molecule has 0 unspecified atom stereocenters. The van der Waals surface area contributed by atoms with Crippen LogP contribution >= 0.6 is 0 Å². The summed E-state index contributed by atoms with van der Waals surface area (Å²) in [6.07, 6.45) is 3.39. The maximum atomic E-state index is 11.6. The molecule has 0 aliphatic rings. The maximum Gasteiger partial charge on any atom is 0.230 e. The molecular formula is C12H10N4O. The van der Waals surface area contributed by atoms with Gasteiger partial charge in [-0.25, -0.2) is 4.98 Å². The van der Waals surface area contributed by atoms with Gasteiger partial charge in [0.1, 0.15) is 0 Å². The van der Waals surface area contributed by atoms with Gasteiger partial charge in [-0.15, -0.1) is 0 Å². The van der Waals surface area contributed by atoms with Crippen molar-refractivity contribution in [3.05, 3.63) is 48.0 Å². The fraction of sp³-hybridized carbons (Fsp3) is 0.0833. The first-order chi connectivity index (χ1) is 8.28. The standard InChI is InChI=1S/C12H10N4O/c13-6-9-1-3-10(4-2-9)16-12(17)5-11-7-14-8-15-11/h1-4,7-8H,5H2,(H,14,15)(H,16,17). The fourth-order valence-corrected chi connectivity index (χ4v) is 1.39. The topological polar surface area (TPSA) is 81.6 Å². The Kier molecular flexibility index (Phi) is 3.17. The third kappa shape index (κ3) is 2.92. The lowest BCUT2D eigenvalue weighted by Gasteiger charge is -2.03. The summed E-state index contributed by atoms with van der Waals surface area (Å²) in [6.45, 7) is 0. The lowest BCUT2D eigenvalue weighted by atomic mass is 10.2. The van der Waals surface area contributed by atoms with Crippen LogP contribution in [0.15, 0.2) is 36.8 Å². The number of carbonyl (C=O) groups is 1. The van der Waals surface area contributed by atoms with E-state index >= 15 is 0 Å². The highest BCUT2D eigenvalue weighted by Crippen LogP contribution is 2.09. The largest absolute Gasteiger partial charge is 0.348 e. The first-order valence-corrected chi connectivity index (χ1v) is 5.05. The van der Waals surface area contributed by atoms with Crippen LogP contribution in [-0.4, -0.2) is 15.9 Å². The van der Waals surface area contributed by atoms with Gasteiger partial charge in [0, 0.05) is 17.6 Å². The van der Waals surface area contributed by atoms with Gasteiger partial charge in [-0.3, -0.25) is 4.79 Å². The molecule has 5 nitrogen and oxygen atoms in total. The van der Waals surface area contributed by atoms with Crippen LogP contribution in [0.4, 0.5) is 5.69 Å². The molecule has 2 aromatic rings. The Morgan fingerprint density at radius 1 is 1.41 bits per heavy atom. The van der Waals surface area contributed by atoms with E-state index in [4.69, 9.17) is 5.26 Å². The van der Waals surface area contributed by atoms with Crippen LogP contribution in [0.5, 0.6) is 0 Å². The third-order valence-electron chi connectivity index (χ3n) is 2.20. The van der Waals surface area contributed by atoms with E-state index in [0.717, 1.165) is 5.69 Å². The SMILES string of the molecule is N#Cc1ccc(NC(=O)Cc2cnc[nH]2)cc1. The van der Waals surface area contributed by atoms with E-state index in [1.54, 1.807) is 30.5 Å². The van der Waals surface area contributed by atoms with Crippen molar-refractivity contribution in [2.75, 3.05) is 5.32 Å². The van der Waals surface area contributed by atoms with Crippen molar-refractivity contribution >= 4 is 11.6 Å². The van der Waals surface area contributed by atoms with Crippen LogP contribution in [0, 0.1) is 11.3 Å². The maximum absolute atomic E-state index is 11.6. The van der Waals surface area contributed by atoms with E-state index in [1.165, 1.54) is 6.33 Å². The predicted molar refractivity (Wildman–Crippen MR) is 62.1 cm³/mol. The molecule has 0 bridgehead atoms. The van der Waals surface area contributed by atoms with Crippen LogP contribution in [0.3, 0.4) is 0 Å². The van der Waals surface area contributed by atoms with Gasteiger partial charge in [-0.1, -0.05) is 0 Å². The van der Waals surface area contributed by atoms with Gasteiger partial charge in [0.2, 0.25) is 5.91 Å². The van der Waals surface area contributed by atoms with E-state index in [-0.39, 0.29) is 12.3 Å². The molecule has 5 heteroatoms. The van der Waals surface area contributed by atoms with Crippen molar-refractivity contribution < 1.29 is 4.79 Å². The monoisotopic (exact) mass is 226 g/mol. The van der Waals surface area contributed by atoms with Gasteiger partial charge in [0.15, 0.2) is 0 Å². The Morgan fingerprint density at radius 2 is 2.18 bits per heavy atom. The molecule has 1 amide bonds. The van der Waals surface area contributed by atoms with Crippen LogP contribution in [0.2, 0.25) is 0 Å². The highest BCUT2D eigenvalue weighted by atomic mass is 16.1. The van der Waals surface area contributed by atoms with E-state index in [2.05, 4.69) is 15.3 Å². The second-order valence-electron chi connectivity index (χ2n) is 3.49. The minimum absolute atomic E-state index is 0.126. The normalized spacial score (nSPS) is 9.59. The number of carbonyl (C=O) groups excluding carboxylic acids is 1.